The van der Waals surface area contributed by atoms with Crippen molar-refractivity contribution >= 4 is 16.7 Å². The van der Waals surface area contributed by atoms with E-state index in [-0.39, 0.29) is 5.91 Å². The van der Waals surface area contributed by atoms with Gasteiger partial charge in [-0.25, -0.2) is 0 Å². The molecule has 2 aromatic carbocycles. The normalized spacial score (nSPS) is 11.7. The van der Waals surface area contributed by atoms with E-state index in [1.54, 1.807) is 15.8 Å². The molecule has 0 fully saturated rings. The maximum atomic E-state index is 13.0. The number of carbonyl (C=O) groups is 1. The molecule has 0 spiro atoms. The van der Waals surface area contributed by atoms with Crippen LogP contribution in [-0.2, 0) is 23.8 Å². The second kappa shape index (κ2) is 6.11. The third-order valence-electron chi connectivity index (χ3n) is 4.67. The molecular formula is C20H23N3O. The standard InChI is InChI=1S/C20H23N3O/c1-20(2,17-10-9-15-7-5-6-8-16(15)13-17)19(24)22(3)14-18-11-12-21-23(18)4/h5-13H,14H2,1-4H3. The van der Waals surface area contributed by atoms with Gasteiger partial charge in [0.25, 0.3) is 0 Å². The van der Waals surface area contributed by atoms with E-state index in [4.69, 9.17) is 0 Å². The van der Waals surface area contributed by atoms with E-state index in [0.29, 0.717) is 6.54 Å². The number of aryl methyl sites for hydroxylation is 1. The van der Waals surface area contributed by atoms with Crippen molar-refractivity contribution in [3.05, 3.63) is 66.0 Å². The molecule has 3 aromatic rings. The molecule has 0 saturated heterocycles. The highest BCUT2D eigenvalue weighted by atomic mass is 16.2. The van der Waals surface area contributed by atoms with E-state index in [9.17, 15) is 4.79 Å². The molecule has 0 saturated carbocycles. The Morgan fingerprint density at radius 2 is 1.83 bits per heavy atom. The summed E-state index contributed by atoms with van der Waals surface area (Å²) in [6.45, 7) is 4.52. The fourth-order valence-electron chi connectivity index (χ4n) is 3.05. The summed E-state index contributed by atoms with van der Waals surface area (Å²) in [5.74, 6) is 0.0963. The van der Waals surface area contributed by atoms with Gasteiger partial charge < -0.3 is 4.90 Å². The Balaban J connectivity index is 1.87. The summed E-state index contributed by atoms with van der Waals surface area (Å²) >= 11 is 0. The second-order valence-electron chi connectivity index (χ2n) is 6.79. The Labute approximate surface area is 142 Å². The fourth-order valence-corrected chi connectivity index (χ4v) is 3.05. The van der Waals surface area contributed by atoms with Crippen molar-refractivity contribution in [2.24, 2.45) is 7.05 Å². The summed E-state index contributed by atoms with van der Waals surface area (Å²) in [7, 11) is 3.74. The molecule has 1 aromatic heterocycles. The average Bonchev–Trinajstić information content (AvgIpc) is 2.98. The summed E-state index contributed by atoms with van der Waals surface area (Å²) in [6, 6.07) is 16.4. The van der Waals surface area contributed by atoms with E-state index in [1.807, 2.05) is 46.1 Å². The monoisotopic (exact) mass is 321 g/mol. The number of likely N-dealkylation sites (N-methyl/N-ethyl adjacent to an activating group) is 1. The number of aromatic nitrogens is 2. The summed E-state index contributed by atoms with van der Waals surface area (Å²) in [6.07, 6.45) is 1.75. The van der Waals surface area contributed by atoms with Gasteiger partial charge in [0.1, 0.15) is 0 Å². The van der Waals surface area contributed by atoms with Crippen molar-refractivity contribution in [2.75, 3.05) is 7.05 Å². The molecule has 0 aliphatic carbocycles. The summed E-state index contributed by atoms with van der Waals surface area (Å²) in [4.78, 5) is 14.8. The Bertz CT molecular complexity index is 879. The lowest BCUT2D eigenvalue weighted by atomic mass is 9.82. The number of nitrogens with zero attached hydrogens (tertiary/aromatic N) is 3. The van der Waals surface area contributed by atoms with Gasteiger partial charge in [-0.05, 0) is 36.2 Å². The number of carbonyl (C=O) groups excluding carboxylic acids is 1. The molecule has 0 bridgehead atoms. The first-order valence-electron chi connectivity index (χ1n) is 8.11. The molecule has 24 heavy (non-hydrogen) atoms. The molecule has 0 unspecified atom stereocenters. The number of hydrogen-bond donors (Lipinski definition) is 0. The van der Waals surface area contributed by atoms with Crippen LogP contribution < -0.4 is 0 Å². The first-order chi connectivity index (χ1) is 11.4. The lowest BCUT2D eigenvalue weighted by Gasteiger charge is -2.30. The maximum Gasteiger partial charge on any atom is 0.232 e. The first-order valence-corrected chi connectivity index (χ1v) is 8.11. The summed E-state index contributed by atoms with van der Waals surface area (Å²) < 4.78 is 1.80. The van der Waals surface area contributed by atoms with Crippen LogP contribution in [0.4, 0.5) is 0 Å². The maximum absolute atomic E-state index is 13.0. The largest absolute Gasteiger partial charge is 0.339 e. The van der Waals surface area contributed by atoms with Crippen LogP contribution in [0.1, 0.15) is 25.1 Å². The molecule has 4 heteroatoms. The molecule has 124 valence electrons. The highest BCUT2D eigenvalue weighted by Gasteiger charge is 2.32. The van der Waals surface area contributed by atoms with Gasteiger partial charge >= 0.3 is 0 Å². The van der Waals surface area contributed by atoms with Gasteiger partial charge in [-0.1, -0.05) is 42.5 Å². The fraction of sp³-hybridized carbons (Fsp3) is 0.300. The highest BCUT2D eigenvalue weighted by molar-refractivity contribution is 5.90. The van der Waals surface area contributed by atoms with Crippen molar-refractivity contribution in [1.82, 2.24) is 14.7 Å². The molecular weight excluding hydrogens is 298 g/mol. The Morgan fingerprint density at radius 1 is 1.12 bits per heavy atom. The van der Waals surface area contributed by atoms with Crippen LogP contribution in [0.3, 0.4) is 0 Å². The van der Waals surface area contributed by atoms with Gasteiger partial charge in [0.05, 0.1) is 17.7 Å². The zero-order valence-corrected chi connectivity index (χ0v) is 14.7. The topological polar surface area (TPSA) is 38.1 Å². The highest BCUT2D eigenvalue weighted by Crippen LogP contribution is 2.29. The van der Waals surface area contributed by atoms with Crippen LogP contribution >= 0.6 is 0 Å². The Kier molecular flexibility index (Phi) is 4.14. The second-order valence-corrected chi connectivity index (χ2v) is 6.79. The number of hydrogen-bond acceptors (Lipinski definition) is 2. The van der Waals surface area contributed by atoms with Crippen LogP contribution in [-0.4, -0.2) is 27.6 Å². The average molecular weight is 321 g/mol. The number of fused-ring (bicyclic) bond motifs is 1. The third-order valence-corrected chi connectivity index (χ3v) is 4.67. The van der Waals surface area contributed by atoms with Gasteiger partial charge in [0.2, 0.25) is 5.91 Å². The SMILES string of the molecule is CN(Cc1ccnn1C)C(=O)C(C)(C)c1ccc2ccccc2c1. The van der Waals surface area contributed by atoms with Crippen molar-refractivity contribution < 1.29 is 4.79 Å². The smallest absolute Gasteiger partial charge is 0.232 e. The lowest BCUT2D eigenvalue weighted by Crippen LogP contribution is -2.41. The third kappa shape index (κ3) is 2.92. The number of amides is 1. The van der Waals surface area contributed by atoms with Gasteiger partial charge in [0, 0.05) is 20.3 Å². The predicted molar refractivity (Wildman–Crippen MR) is 96.7 cm³/mol. The van der Waals surface area contributed by atoms with Crippen molar-refractivity contribution in [3.8, 4) is 0 Å². The van der Waals surface area contributed by atoms with E-state index in [1.165, 1.54) is 5.39 Å². The number of rotatable bonds is 4. The van der Waals surface area contributed by atoms with Crippen molar-refractivity contribution in [3.63, 3.8) is 0 Å². The minimum absolute atomic E-state index is 0.0963. The molecule has 0 N–H and O–H groups in total. The van der Waals surface area contributed by atoms with Gasteiger partial charge in [0.15, 0.2) is 0 Å². The van der Waals surface area contributed by atoms with E-state index >= 15 is 0 Å². The van der Waals surface area contributed by atoms with E-state index in [2.05, 4.69) is 35.4 Å². The minimum Gasteiger partial charge on any atom is -0.339 e. The van der Waals surface area contributed by atoms with Crippen molar-refractivity contribution in [1.29, 1.82) is 0 Å². The Morgan fingerprint density at radius 3 is 2.50 bits per heavy atom. The van der Waals surface area contributed by atoms with E-state index in [0.717, 1.165) is 16.6 Å². The molecule has 1 amide bonds. The molecule has 0 aliphatic heterocycles. The van der Waals surface area contributed by atoms with Crippen LogP contribution in [0.2, 0.25) is 0 Å². The van der Waals surface area contributed by atoms with Crippen LogP contribution in [0.15, 0.2) is 54.7 Å². The Hall–Kier alpha value is -2.62. The number of benzene rings is 2. The van der Waals surface area contributed by atoms with Crippen LogP contribution in [0.5, 0.6) is 0 Å². The summed E-state index contributed by atoms with van der Waals surface area (Å²) in [5, 5.41) is 6.51. The zero-order valence-electron chi connectivity index (χ0n) is 14.7. The van der Waals surface area contributed by atoms with E-state index < -0.39 is 5.41 Å². The molecule has 1 heterocycles. The van der Waals surface area contributed by atoms with Crippen molar-refractivity contribution in [2.45, 2.75) is 25.8 Å². The predicted octanol–water partition coefficient (Wildman–Crippen LogP) is 3.51. The minimum atomic E-state index is -0.586. The van der Waals surface area contributed by atoms with Gasteiger partial charge in [-0.15, -0.1) is 0 Å². The zero-order chi connectivity index (χ0) is 17.3. The van der Waals surface area contributed by atoms with Gasteiger partial charge in [-0.2, -0.15) is 5.10 Å². The lowest BCUT2D eigenvalue weighted by molar-refractivity contribution is -0.135. The molecule has 0 radical (unpaired) electrons. The quantitative estimate of drug-likeness (QED) is 0.737. The first kappa shape index (κ1) is 16.2. The summed E-state index contributed by atoms with van der Waals surface area (Å²) in [5.41, 5.74) is 1.46. The van der Waals surface area contributed by atoms with Crippen LogP contribution in [0, 0.1) is 0 Å². The molecule has 3 rings (SSSR count). The molecule has 0 aliphatic rings. The van der Waals surface area contributed by atoms with Gasteiger partial charge in [-0.3, -0.25) is 9.48 Å². The van der Waals surface area contributed by atoms with Crippen LogP contribution in [0.25, 0.3) is 10.8 Å². The molecule has 0 atom stereocenters. The molecule has 4 nitrogen and oxygen atoms in total.